The molecule has 1 aliphatic heterocycles. The van der Waals surface area contributed by atoms with Gasteiger partial charge in [-0.15, -0.1) is 0 Å². The van der Waals surface area contributed by atoms with Crippen molar-refractivity contribution in [3.8, 4) is 11.3 Å². The van der Waals surface area contributed by atoms with Crippen molar-refractivity contribution < 1.29 is 14.1 Å². The third kappa shape index (κ3) is 5.42. The Morgan fingerprint density at radius 1 is 1.18 bits per heavy atom. The predicted molar refractivity (Wildman–Crippen MR) is 107 cm³/mol. The Morgan fingerprint density at radius 2 is 1.89 bits per heavy atom. The number of hydrogen-bond donors (Lipinski definition) is 1. The van der Waals surface area contributed by atoms with E-state index in [1.165, 1.54) is 24.2 Å². The first-order chi connectivity index (χ1) is 13.5. The molecule has 3 rings (SSSR count). The van der Waals surface area contributed by atoms with E-state index in [2.05, 4.69) is 15.4 Å². The SMILES string of the molecule is Cc1ccc(-c2cc(C(=O)N(C)CC(=O)NCCN3CCCCC3)no2)cc1. The lowest BCUT2D eigenvalue weighted by atomic mass is 10.1. The molecule has 1 aromatic carbocycles. The zero-order valence-corrected chi connectivity index (χ0v) is 16.6. The lowest BCUT2D eigenvalue weighted by Gasteiger charge is -2.26. The van der Waals surface area contributed by atoms with Gasteiger partial charge in [0.1, 0.15) is 0 Å². The summed E-state index contributed by atoms with van der Waals surface area (Å²) < 4.78 is 5.30. The molecule has 0 unspecified atom stereocenters. The number of aryl methyl sites for hydroxylation is 1. The fraction of sp³-hybridized carbons (Fsp3) is 0.476. The van der Waals surface area contributed by atoms with Crippen LogP contribution in [0.15, 0.2) is 34.9 Å². The van der Waals surface area contributed by atoms with Gasteiger partial charge in [0, 0.05) is 31.8 Å². The third-order valence-electron chi connectivity index (χ3n) is 4.99. The molecule has 1 N–H and O–H groups in total. The molecule has 7 heteroatoms. The molecule has 1 saturated heterocycles. The van der Waals surface area contributed by atoms with E-state index in [1.807, 2.05) is 31.2 Å². The summed E-state index contributed by atoms with van der Waals surface area (Å²) in [6.07, 6.45) is 3.75. The quantitative estimate of drug-likeness (QED) is 0.793. The van der Waals surface area contributed by atoms with E-state index in [-0.39, 0.29) is 24.1 Å². The molecule has 2 heterocycles. The molecule has 1 aromatic heterocycles. The smallest absolute Gasteiger partial charge is 0.276 e. The molecule has 28 heavy (non-hydrogen) atoms. The summed E-state index contributed by atoms with van der Waals surface area (Å²) in [7, 11) is 1.59. The molecular formula is C21H28N4O3. The Balaban J connectivity index is 1.47. The first-order valence-electron chi connectivity index (χ1n) is 9.81. The van der Waals surface area contributed by atoms with E-state index in [4.69, 9.17) is 4.52 Å². The second-order valence-corrected chi connectivity index (χ2v) is 7.36. The molecular weight excluding hydrogens is 356 g/mol. The van der Waals surface area contributed by atoms with Crippen molar-refractivity contribution in [3.05, 3.63) is 41.6 Å². The monoisotopic (exact) mass is 384 g/mol. The van der Waals surface area contributed by atoms with Crippen molar-refractivity contribution in [1.29, 1.82) is 0 Å². The second-order valence-electron chi connectivity index (χ2n) is 7.36. The molecule has 0 saturated carbocycles. The molecule has 0 spiro atoms. The van der Waals surface area contributed by atoms with Crippen molar-refractivity contribution in [2.75, 3.05) is 39.8 Å². The number of likely N-dealkylation sites (tertiary alicyclic amines) is 1. The minimum absolute atomic E-state index is 0.00837. The Morgan fingerprint density at radius 3 is 2.61 bits per heavy atom. The van der Waals surface area contributed by atoms with E-state index in [9.17, 15) is 9.59 Å². The fourth-order valence-electron chi connectivity index (χ4n) is 3.30. The van der Waals surface area contributed by atoms with Crippen molar-refractivity contribution in [1.82, 2.24) is 20.3 Å². The predicted octanol–water partition coefficient (Wildman–Crippen LogP) is 2.32. The lowest BCUT2D eigenvalue weighted by molar-refractivity contribution is -0.121. The summed E-state index contributed by atoms with van der Waals surface area (Å²) in [6.45, 7) is 5.65. The van der Waals surface area contributed by atoms with Gasteiger partial charge in [-0.1, -0.05) is 41.4 Å². The van der Waals surface area contributed by atoms with Crippen LogP contribution in [0.4, 0.5) is 0 Å². The van der Waals surface area contributed by atoms with Crippen LogP contribution < -0.4 is 5.32 Å². The van der Waals surface area contributed by atoms with Crippen LogP contribution in [-0.4, -0.2) is 66.5 Å². The summed E-state index contributed by atoms with van der Waals surface area (Å²) in [5.74, 6) is 0.0196. The summed E-state index contributed by atoms with van der Waals surface area (Å²) in [5, 5.41) is 6.75. The van der Waals surface area contributed by atoms with Gasteiger partial charge >= 0.3 is 0 Å². The van der Waals surface area contributed by atoms with Crippen molar-refractivity contribution in [2.45, 2.75) is 26.2 Å². The minimum Gasteiger partial charge on any atom is -0.355 e. The number of likely N-dealkylation sites (N-methyl/N-ethyl adjacent to an activating group) is 1. The van der Waals surface area contributed by atoms with Gasteiger partial charge in [0.05, 0.1) is 6.54 Å². The molecule has 2 amide bonds. The van der Waals surface area contributed by atoms with Crippen LogP contribution in [0.3, 0.4) is 0 Å². The highest BCUT2D eigenvalue weighted by Gasteiger charge is 2.20. The van der Waals surface area contributed by atoms with E-state index < -0.39 is 0 Å². The van der Waals surface area contributed by atoms with E-state index in [1.54, 1.807) is 13.1 Å². The van der Waals surface area contributed by atoms with Gasteiger partial charge < -0.3 is 19.6 Å². The third-order valence-corrected chi connectivity index (χ3v) is 4.99. The molecule has 1 aliphatic rings. The summed E-state index contributed by atoms with van der Waals surface area (Å²) in [4.78, 5) is 28.4. The second kappa shape index (κ2) is 9.50. The van der Waals surface area contributed by atoms with Crippen molar-refractivity contribution >= 4 is 11.8 Å². The number of piperidine rings is 1. The van der Waals surface area contributed by atoms with E-state index >= 15 is 0 Å². The summed E-state index contributed by atoms with van der Waals surface area (Å²) in [6, 6.07) is 9.39. The number of aromatic nitrogens is 1. The molecule has 1 fully saturated rings. The summed E-state index contributed by atoms with van der Waals surface area (Å²) in [5.41, 5.74) is 2.19. The van der Waals surface area contributed by atoms with Crippen molar-refractivity contribution in [3.63, 3.8) is 0 Å². The highest BCUT2D eigenvalue weighted by molar-refractivity contribution is 5.95. The number of rotatable bonds is 7. The average molecular weight is 384 g/mol. The van der Waals surface area contributed by atoms with Crippen LogP contribution in [-0.2, 0) is 4.79 Å². The molecule has 0 radical (unpaired) electrons. The summed E-state index contributed by atoms with van der Waals surface area (Å²) >= 11 is 0. The Hall–Kier alpha value is -2.67. The number of carbonyl (C=O) groups is 2. The topological polar surface area (TPSA) is 78.7 Å². The minimum atomic E-state index is -0.340. The highest BCUT2D eigenvalue weighted by Crippen LogP contribution is 2.21. The van der Waals surface area contributed by atoms with Crippen LogP contribution in [0, 0.1) is 6.92 Å². The van der Waals surface area contributed by atoms with Crippen LogP contribution >= 0.6 is 0 Å². The van der Waals surface area contributed by atoms with Crippen molar-refractivity contribution in [2.24, 2.45) is 0 Å². The van der Waals surface area contributed by atoms with Gasteiger partial charge in [0.15, 0.2) is 11.5 Å². The van der Waals surface area contributed by atoms with Gasteiger partial charge in [-0.25, -0.2) is 0 Å². The standard InChI is InChI=1S/C21H28N4O3/c1-16-6-8-17(9-7-16)19-14-18(23-28-19)21(27)24(2)15-20(26)22-10-13-25-11-4-3-5-12-25/h6-9,14H,3-5,10-13,15H2,1-2H3,(H,22,26). The Bertz CT molecular complexity index is 794. The van der Waals surface area contributed by atoms with Gasteiger partial charge in [0.25, 0.3) is 5.91 Å². The molecule has 2 aromatic rings. The zero-order valence-electron chi connectivity index (χ0n) is 16.6. The van der Waals surface area contributed by atoms with E-state index in [0.717, 1.165) is 30.8 Å². The number of nitrogens with zero attached hydrogens (tertiary/aromatic N) is 3. The van der Waals surface area contributed by atoms with Gasteiger partial charge in [-0.05, 0) is 32.9 Å². The maximum atomic E-state index is 12.5. The van der Waals surface area contributed by atoms with Crippen LogP contribution in [0.25, 0.3) is 11.3 Å². The number of carbonyl (C=O) groups excluding carboxylic acids is 2. The van der Waals surface area contributed by atoms with Crippen LogP contribution in [0.5, 0.6) is 0 Å². The molecule has 150 valence electrons. The molecule has 0 aliphatic carbocycles. The molecule has 0 atom stereocenters. The Kier molecular flexibility index (Phi) is 6.81. The molecule has 7 nitrogen and oxygen atoms in total. The maximum absolute atomic E-state index is 12.5. The number of hydrogen-bond acceptors (Lipinski definition) is 5. The number of benzene rings is 1. The number of nitrogens with one attached hydrogen (secondary N) is 1. The number of amides is 2. The molecule has 0 bridgehead atoms. The lowest BCUT2D eigenvalue weighted by Crippen LogP contribution is -2.42. The van der Waals surface area contributed by atoms with Gasteiger partial charge in [-0.3, -0.25) is 9.59 Å². The highest BCUT2D eigenvalue weighted by atomic mass is 16.5. The normalized spacial score (nSPS) is 14.6. The Labute approximate surface area is 165 Å². The van der Waals surface area contributed by atoms with Gasteiger partial charge in [-0.2, -0.15) is 0 Å². The maximum Gasteiger partial charge on any atom is 0.276 e. The van der Waals surface area contributed by atoms with Crippen LogP contribution in [0.2, 0.25) is 0 Å². The van der Waals surface area contributed by atoms with Crippen LogP contribution in [0.1, 0.15) is 35.3 Å². The largest absolute Gasteiger partial charge is 0.355 e. The van der Waals surface area contributed by atoms with Gasteiger partial charge in [0.2, 0.25) is 5.91 Å². The fourth-order valence-corrected chi connectivity index (χ4v) is 3.30. The first kappa shape index (κ1) is 20.1. The first-order valence-corrected chi connectivity index (χ1v) is 9.81. The average Bonchev–Trinajstić information content (AvgIpc) is 3.19. The zero-order chi connectivity index (χ0) is 19.9. The van der Waals surface area contributed by atoms with E-state index in [0.29, 0.717) is 12.3 Å².